The van der Waals surface area contributed by atoms with Crippen molar-refractivity contribution in [3.05, 3.63) is 0 Å². The molecule has 0 aliphatic rings. The highest BCUT2D eigenvalue weighted by Crippen LogP contribution is 2.37. The van der Waals surface area contributed by atoms with Gasteiger partial charge in [0.05, 0.1) is 0 Å². The van der Waals surface area contributed by atoms with E-state index in [1.165, 1.54) is 0 Å². The van der Waals surface area contributed by atoms with Crippen LogP contribution in [0.2, 0.25) is 0 Å². The number of hydrogen-bond donors (Lipinski definition) is 1. The molecule has 0 rings (SSSR count). The highest BCUT2D eigenvalue weighted by Gasteiger charge is 2.38. The maximum absolute atomic E-state index is 11.5. The van der Waals surface area contributed by atoms with Crippen LogP contribution in [0.5, 0.6) is 0 Å². The van der Waals surface area contributed by atoms with Crippen LogP contribution >= 0.6 is 11.8 Å². The summed E-state index contributed by atoms with van der Waals surface area (Å²) in [7, 11) is 0. The van der Waals surface area contributed by atoms with Crippen LogP contribution in [0, 0.1) is 11.8 Å². The summed E-state index contributed by atoms with van der Waals surface area (Å²) < 4.78 is -0.570. The summed E-state index contributed by atoms with van der Waals surface area (Å²) >= 11 is 1.63. The normalized spacial score (nSPS) is 17.1. The van der Waals surface area contributed by atoms with E-state index in [9.17, 15) is 9.90 Å². The predicted octanol–water partition coefficient (Wildman–Crippen LogP) is 4.05. The molecule has 2 unspecified atom stereocenters. The van der Waals surface area contributed by atoms with Gasteiger partial charge in [0.2, 0.25) is 0 Å². The molecule has 0 heterocycles. The molecular weight excluding hydrogens is 220 g/mol. The number of hydrogen-bond acceptors (Lipinski definition) is 2. The van der Waals surface area contributed by atoms with Crippen LogP contribution in [0.15, 0.2) is 0 Å². The van der Waals surface area contributed by atoms with Gasteiger partial charge in [-0.25, -0.2) is 0 Å². The molecule has 3 heteroatoms. The number of rotatable bonds is 8. The lowest BCUT2D eigenvalue weighted by Gasteiger charge is -2.30. The Kier molecular flexibility index (Phi) is 7.12. The molecule has 0 spiro atoms. The fraction of sp³-hybridized carbons (Fsp3) is 0.923. The van der Waals surface area contributed by atoms with Gasteiger partial charge in [0.1, 0.15) is 4.75 Å². The van der Waals surface area contributed by atoms with Gasteiger partial charge in [0, 0.05) is 0 Å². The Balaban J connectivity index is 4.64. The number of thioether (sulfide) groups is 1. The van der Waals surface area contributed by atoms with Crippen molar-refractivity contribution < 1.29 is 9.90 Å². The summed E-state index contributed by atoms with van der Waals surface area (Å²) in [5, 5.41) is 9.46. The van der Waals surface area contributed by atoms with Gasteiger partial charge in [0.25, 0.3) is 0 Å². The van der Waals surface area contributed by atoms with Gasteiger partial charge in [-0.1, -0.05) is 41.0 Å². The second-order valence-electron chi connectivity index (χ2n) is 5.08. The average Bonchev–Trinajstić information content (AvgIpc) is 2.23. The number of carboxylic acids is 1. The van der Waals surface area contributed by atoms with Crippen molar-refractivity contribution in [2.75, 3.05) is 5.75 Å². The lowest BCUT2D eigenvalue weighted by molar-refractivity contribution is -0.140. The Morgan fingerprint density at radius 2 is 1.88 bits per heavy atom. The fourth-order valence-electron chi connectivity index (χ4n) is 1.64. The molecule has 0 aromatic heterocycles. The van der Waals surface area contributed by atoms with Crippen molar-refractivity contribution in [2.24, 2.45) is 11.8 Å². The molecule has 1 N–H and O–H groups in total. The second kappa shape index (κ2) is 7.21. The highest BCUT2D eigenvalue weighted by molar-refractivity contribution is 8.01. The zero-order valence-corrected chi connectivity index (χ0v) is 12.1. The number of carboxylic acid groups (broad SMARTS) is 1. The lowest BCUT2D eigenvalue weighted by atomic mass is 9.91. The third kappa shape index (κ3) is 4.77. The maximum atomic E-state index is 11.5. The Hall–Kier alpha value is -0.180. The smallest absolute Gasteiger partial charge is 0.319 e. The number of carbonyl (C=O) groups is 1. The minimum Gasteiger partial charge on any atom is -0.480 e. The summed E-state index contributed by atoms with van der Waals surface area (Å²) in [6.45, 7) is 10.5. The summed E-state index contributed by atoms with van der Waals surface area (Å²) in [6.07, 6.45) is 2.55. The second-order valence-corrected chi connectivity index (χ2v) is 6.48. The molecule has 0 radical (unpaired) electrons. The Bertz CT molecular complexity index is 216. The van der Waals surface area contributed by atoms with Gasteiger partial charge >= 0.3 is 5.97 Å². The maximum Gasteiger partial charge on any atom is 0.319 e. The summed E-state index contributed by atoms with van der Waals surface area (Å²) in [5.74, 6) is 1.32. The van der Waals surface area contributed by atoms with Gasteiger partial charge in [-0.2, -0.15) is 0 Å². The molecule has 0 fully saturated rings. The van der Waals surface area contributed by atoms with Gasteiger partial charge in [-0.3, -0.25) is 4.79 Å². The van der Waals surface area contributed by atoms with Gasteiger partial charge in [0.15, 0.2) is 0 Å². The summed E-state index contributed by atoms with van der Waals surface area (Å²) in [4.78, 5) is 11.5. The topological polar surface area (TPSA) is 37.3 Å². The minimum absolute atomic E-state index is 0.482. The van der Waals surface area contributed by atoms with Crippen LogP contribution < -0.4 is 0 Å². The van der Waals surface area contributed by atoms with E-state index in [0.717, 1.165) is 18.6 Å². The van der Waals surface area contributed by atoms with E-state index < -0.39 is 10.7 Å². The molecule has 0 aliphatic heterocycles. The van der Waals surface area contributed by atoms with Gasteiger partial charge in [-0.05, 0) is 30.4 Å². The molecule has 0 bridgehead atoms. The molecular formula is C13H26O2S. The molecule has 16 heavy (non-hydrogen) atoms. The first kappa shape index (κ1) is 15.8. The molecule has 0 aromatic rings. The monoisotopic (exact) mass is 246 g/mol. The van der Waals surface area contributed by atoms with E-state index in [4.69, 9.17) is 0 Å². The molecule has 0 amide bonds. The van der Waals surface area contributed by atoms with Crippen LogP contribution in [-0.4, -0.2) is 21.6 Å². The lowest BCUT2D eigenvalue weighted by Crippen LogP contribution is -2.37. The predicted molar refractivity (Wildman–Crippen MR) is 72.0 cm³/mol. The molecule has 0 aromatic carbocycles. The van der Waals surface area contributed by atoms with Crippen LogP contribution in [0.4, 0.5) is 0 Å². The van der Waals surface area contributed by atoms with Crippen LogP contribution in [0.25, 0.3) is 0 Å². The first-order chi connectivity index (χ1) is 7.38. The van der Waals surface area contributed by atoms with Gasteiger partial charge in [-0.15, -0.1) is 11.8 Å². The molecule has 2 atom stereocenters. The van der Waals surface area contributed by atoms with E-state index in [1.807, 2.05) is 6.92 Å². The van der Waals surface area contributed by atoms with Crippen LogP contribution in [0.3, 0.4) is 0 Å². The van der Waals surface area contributed by atoms with Crippen molar-refractivity contribution in [3.63, 3.8) is 0 Å². The molecule has 0 saturated heterocycles. The largest absolute Gasteiger partial charge is 0.480 e. The minimum atomic E-state index is -0.638. The number of aliphatic carboxylic acids is 1. The quantitative estimate of drug-likeness (QED) is 0.702. The highest BCUT2D eigenvalue weighted by atomic mass is 32.2. The zero-order chi connectivity index (χ0) is 12.8. The Labute approximate surface area is 104 Å². The first-order valence-corrected chi connectivity index (χ1v) is 7.23. The average molecular weight is 246 g/mol. The Morgan fingerprint density at radius 1 is 1.31 bits per heavy atom. The van der Waals surface area contributed by atoms with E-state index in [0.29, 0.717) is 18.3 Å². The van der Waals surface area contributed by atoms with Crippen molar-refractivity contribution >= 4 is 17.7 Å². The standard InChI is InChI=1S/C13H26O2S/c1-6-11(5)8-13(7-2,12(14)15)16-9-10(3)4/h10-11H,6-9H2,1-5H3,(H,14,15). The van der Waals surface area contributed by atoms with Crippen molar-refractivity contribution in [2.45, 2.75) is 58.6 Å². The summed E-state index contributed by atoms with van der Waals surface area (Å²) in [6, 6.07) is 0. The third-order valence-electron chi connectivity index (χ3n) is 3.03. The zero-order valence-electron chi connectivity index (χ0n) is 11.2. The summed E-state index contributed by atoms with van der Waals surface area (Å²) in [5.41, 5.74) is 0. The van der Waals surface area contributed by atoms with E-state index in [2.05, 4.69) is 27.7 Å². The van der Waals surface area contributed by atoms with Crippen molar-refractivity contribution in [3.8, 4) is 0 Å². The van der Waals surface area contributed by atoms with Crippen LogP contribution in [-0.2, 0) is 4.79 Å². The molecule has 0 aliphatic carbocycles. The van der Waals surface area contributed by atoms with E-state index in [1.54, 1.807) is 11.8 Å². The fourth-order valence-corrected chi connectivity index (χ4v) is 3.02. The molecule has 0 saturated carbocycles. The van der Waals surface area contributed by atoms with Crippen LogP contribution in [0.1, 0.15) is 53.9 Å². The Morgan fingerprint density at radius 3 is 2.19 bits per heavy atom. The van der Waals surface area contributed by atoms with E-state index in [-0.39, 0.29) is 0 Å². The van der Waals surface area contributed by atoms with Gasteiger partial charge < -0.3 is 5.11 Å². The van der Waals surface area contributed by atoms with Crippen molar-refractivity contribution in [1.29, 1.82) is 0 Å². The first-order valence-electron chi connectivity index (χ1n) is 6.25. The van der Waals surface area contributed by atoms with Crippen molar-refractivity contribution in [1.82, 2.24) is 0 Å². The molecule has 96 valence electrons. The third-order valence-corrected chi connectivity index (χ3v) is 5.04. The molecule has 2 nitrogen and oxygen atoms in total. The van der Waals surface area contributed by atoms with E-state index >= 15 is 0 Å². The SMILES string of the molecule is CCC(C)CC(CC)(SCC(C)C)C(=O)O.